The van der Waals surface area contributed by atoms with E-state index in [0.29, 0.717) is 23.9 Å². The van der Waals surface area contributed by atoms with E-state index in [1.807, 2.05) is 28.9 Å². The third-order valence-corrected chi connectivity index (χ3v) is 5.67. The first-order chi connectivity index (χ1) is 15.4. The first kappa shape index (κ1) is 22.8. The largest absolute Gasteiger partial charge is 0.491 e. The van der Waals surface area contributed by atoms with E-state index in [4.69, 9.17) is 26.1 Å². The molecule has 3 heterocycles. The van der Waals surface area contributed by atoms with E-state index >= 15 is 0 Å². The molecule has 3 aromatic rings. The van der Waals surface area contributed by atoms with Crippen LogP contribution in [0.4, 0.5) is 5.82 Å². The molecule has 9 heteroatoms. The number of rotatable bonds is 9. The molecule has 1 fully saturated rings. The maximum absolute atomic E-state index is 9.95. The van der Waals surface area contributed by atoms with Gasteiger partial charge in [-0.1, -0.05) is 25.4 Å². The summed E-state index contributed by atoms with van der Waals surface area (Å²) in [6.45, 7) is 6.30. The minimum Gasteiger partial charge on any atom is -0.491 e. The lowest BCUT2D eigenvalue weighted by Gasteiger charge is -2.16. The molecule has 0 aliphatic carbocycles. The van der Waals surface area contributed by atoms with Crippen molar-refractivity contribution in [3.05, 3.63) is 41.0 Å². The van der Waals surface area contributed by atoms with Crippen LogP contribution in [0.5, 0.6) is 5.75 Å². The summed E-state index contributed by atoms with van der Waals surface area (Å²) in [5.41, 5.74) is 3.49. The summed E-state index contributed by atoms with van der Waals surface area (Å²) in [6, 6.07) is 7.71. The lowest BCUT2D eigenvalue weighted by atomic mass is 10.1. The standard InChI is InChI=1S/C23H30ClN5O3/c1-14(2)20-11-26-29-22(27-17-4-5-31-12-17)9-21(28-23(20)29)15-6-16(24)8-19(7-15)32-13-18(30)10-25-3/h6-9,11,14,17-18,25,27,30H,4-5,10,12-13H2,1-3H3. The predicted molar refractivity (Wildman–Crippen MR) is 126 cm³/mol. The SMILES string of the molecule is CNCC(O)COc1cc(Cl)cc(-c2cc(NC3CCOC3)n3ncc(C(C)C)c3n2)c1. The highest BCUT2D eigenvalue weighted by Crippen LogP contribution is 2.31. The molecule has 0 amide bonds. The summed E-state index contributed by atoms with van der Waals surface area (Å²) in [5.74, 6) is 1.73. The Kier molecular flexibility index (Phi) is 7.15. The number of hydrogen-bond acceptors (Lipinski definition) is 7. The van der Waals surface area contributed by atoms with Crippen LogP contribution in [-0.4, -0.2) is 65.3 Å². The van der Waals surface area contributed by atoms with Crippen molar-refractivity contribution in [3.8, 4) is 17.0 Å². The number of aliphatic hydroxyl groups excluding tert-OH is 1. The molecule has 8 nitrogen and oxygen atoms in total. The van der Waals surface area contributed by atoms with Crippen LogP contribution in [0.15, 0.2) is 30.5 Å². The number of halogens is 1. The van der Waals surface area contributed by atoms with Gasteiger partial charge in [-0.15, -0.1) is 0 Å². The molecule has 0 spiro atoms. The van der Waals surface area contributed by atoms with E-state index in [1.165, 1.54) is 0 Å². The van der Waals surface area contributed by atoms with Gasteiger partial charge in [0.25, 0.3) is 0 Å². The molecule has 1 aromatic carbocycles. The van der Waals surface area contributed by atoms with Crippen molar-refractivity contribution >= 4 is 23.1 Å². The molecule has 4 rings (SSSR count). The lowest BCUT2D eigenvalue weighted by molar-refractivity contribution is 0.108. The molecule has 0 bridgehead atoms. The van der Waals surface area contributed by atoms with Gasteiger partial charge in [-0.3, -0.25) is 0 Å². The number of benzene rings is 1. The maximum atomic E-state index is 9.95. The van der Waals surface area contributed by atoms with E-state index in [9.17, 15) is 5.11 Å². The van der Waals surface area contributed by atoms with E-state index in [0.717, 1.165) is 41.3 Å². The van der Waals surface area contributed by atoms with Gasteiger partial charge in [-0.2, -0.15) is 9.61 Å². The van der Waals surface area contributed by atoms with E-state index < -0.39 is 6.10 Å². The molecule has 1 aliphatic rings. The summed E-state index contributed by atoms with van der Waals surface area (Å²) in [6.07, 6.45) is 2.21. The van der Waals surface area contributed by atoms with Crippen molar-refractivity contribution < 1.29 is 14.6 Å². The first-order valence-electron chi connectivity index (χ1n) is 10.9. The number of likely N-dealkylation sites (N-methyl/N-ethyl adjacent to an activating group) is 1. The Hall–Kier alpha value is -2.39. The average Bonchev–Trinajstić information content (AvgIpc) is 3.42. The van der Waals surface area contributed by atoms with Crippen LogP contribution >= 0.6 is 11.6 Å². The van der Waals surface area contributed by atoms with Crippen molar-refractivity contribution in [2.45, 2.75) is 38.3 Å². The number of nitrogens with zero attached hydrogens (tertiary/aromatic N) is 3. The van der Waals surface area contributed by atoms with Gasteiger partial charge in [0.2, 0.25) is 0 Å². The zero-order valence-electron chi connectivity index (χ0n) is 18.6. The van der Waals surface area contributed by atoms with Crippen LogP contribution in [0.3, 0.4) is 0 Å². The number of nitrogens with one attached hydrogen (secondary N) is 2. The van der Waals surface area contributed by atoms with Crippen LogP contribution in [-0.2, 0) is 4.74 Å². The fraction of sp³-hybridized carbons (Fsp3) is 0.478. The van der Waals surface area contributed by atoms with Gasteiger partial charge in [0.15, 0.2) is 5.65 Å². The Morgan fingerprint density at radius 1 is 1.31 bits per heavy atom. The van der Waals surface area contributed by atoms with Crippen LogP contribution in [0.25, 0.3) is 16.9 Å². The zero-order chi connectivity index (χ0) is 22.7. The molecule has 2 atom stereocenters. The Morgan fingerprint density at radius 2 is 2.16 bits per heavy atom. The second kappa shape index (κ2) is 10.0. The second-order valence-electron chi connectivity index (χ2n) is 8.42. The van der Waals surface area contributed by atoms with Gasteiger partial charge in [0.05, 0.1) is 24.5 Å². The van der Waals surface area contributed by atoms with E-state index in [2.05, 4.69) is 29.6 Å². The molecule has 0 radical (unpaired) electrons. The van der Waals surface area contributed by atoms with Gasteiger partial charge in [0, 0.05) is 35.4 Å². The highest BCUT2D eigenvalue weighted by molar-refractivity contribution is 6.31. The smallest absolute Gasteiger partial charge is 0.161 e. The quantitative estimate of drug-likeness (QED) is 0.452. The van der Waals surface area contributed by atoms with Gasteiger partial charge < -0.3 is 25.2 Å². The second-order valence-corrected chi connectivity index (χ2v) is 8.86. The van der Waals surface area contributed by atoms with Crippen LogP contribution < -0.4 is 15.4 Å². The molecule has 3 N–H and O–H groups in total. The number of aliphatic hydroxyl groups is 1. The average molecular weight is 460 g/mol. The summed E-state index contributed by atoms with van der Waals surface area (Å²) in [7, 11) is 1.79. The van der Waals surface area contributed by atoms with Gasteiger partial charge in [0.1, 0.15) is 24.3 Å². The van der Waals surface area contributed by atoms with Crippen molar-refractivity contribution in [3.63, 3.8) is 0 Å². The molecular formula is C23H30ClN5O3. The predicted octanol–water partition coefficient (Wildman–Crippen LogP) is 3.33. The Balaban J connectivity index is 1.72. The van der Waals surface area contributed by atoms with Gasteiger partial charge >= 0.3 is 0 Å². The lowest BCUT2D eigenvalue weighted by Crippen LogP contribution is -2.29. The van der Waals surface area contributed by atoms with E-state index in [1.54, 1.807) is 13.1 Å². The monoisotopic (exact) mass is 459 g/mol. The maximum Gasteiger partial charge on any atom is 0.161 e. The number of aromatic nitrogens is 3. The van der Waals surface area contributed by atoms with Gasteiger partial charge in [-0.05, 0) is 37.6 Å². The molecule has 2 unspecified atom stereocenters. The van der Waals surface area contributed by atoms with Crippen molar-refractivity contribution in [2.24, 2.45) is 0 Å². The Bertz CT molecular complexity index is 1070. The Morgan fingerprint density at radius 3 is 2.88 bits per heavy atom. The van der Waals surface area contributed by atoms with Gasteiger partial charge in [-0.25, -0.2) is 4.98 Å². The summed E-state index contributed by atoms with van der Waals surface area (Å²) in [4.78, 5) is 4.92. The zero-order valence-corrected chi connectivity index (χ0v) is 19.4. The number of hydrogen-bond donors (Lipinski definition) is 3. The topological polar surface area (TPSA) is 92.9 Å². The van der Waals surface area contributed by atoms with Crippen molar-refractivity contribution in [2.75, 3.05) is 38.7 Å². The normalized spacial score (nSPS) is 17.2. The third-order valence-electron chi connectivity index (χ3n) is 5.45. The fourth-order valence-electron chi connectivity index (χ4n) is 3.78. The summed E-state index contributed by atoms with van der Waals surface area (Å²) >= 11 is 6.40. The highest BCUT2D eigenvalue weighted by atomic mass is 35.5. The summed E-state index contributed by atoms with van der Waals surface area (Å²) < 4.78 is 13.2. The van der Waals surface area contributed by atoms with Crippen molar-refractivity contribution in [1.29, 1.82) is 0 Å². The molecule has 172 valence electrons. The summed E-state index contributed by atoms with van der Waals surface area (Å²) in [5, 5.41) is 21.6. The number of fused-ring (bicyclic) bond motifs is 1. The molecular weight excluding hydrogens is 430 g/mol. The van der Waals surface area contributed by atoms with Crippen molar-refractivity contribution in [1.82, 2.24) is 19.9 Å². The molecule has 1 aliphatic heterocycles. The molecule has 32 heavy (non-hydrogen) atoms. The Labute approximate surface area is 192 Å². The minimum absolute atomic E-state index is 0.168. The first-order valence-corrected chi connectivity index (χ1v) is 11.3. The number of anilines is 1. The molecule has 0 saturated carbocycles. The van der Waals surface area contributed by atoms with Crippen LogP contribution in [0, 0.1) is 0 Å². The molecule has 1 saturated heterocycles. The number of ether oxygens (including phenoxy) is 2. The van der Waals surface area contributed by atoms with Crippen LogP contribution in [0.1, 0.15) is 31.7 Å². The highest BCUT2D eigenvalue weighted by Gasteiger charge is 2.20. The fourth-order valence-corrected chi connectivity index (χ4v) is 4.00. The molecule has 2 aromatic heterocycles. The van der Waals surface area contributed by atoms with E-state index in [-0.39, 0.29) is 18.6 Å². The van der Waals surface area contributed by atoms with Crippen LogP contribution in [0.2, 0.25) is 5.02 Å². The third kappa shape index (κ3) is 5.15. The minimum atomic E-state index is -0.610.